The van der Waals surface area contributed by atoms with Crippen molar-refractivity contribution in [2.45, 2.75) is 39.2 Å². The average molecular weight is 359 g/mol. The number of rotatable bonds is 5. The minimum Gasteiger partial charge on any atom is -0.462 e. The molecule has 0 radical (unpaired) electrons. The molecule has 25 heavy (non-hydrogen) atoms. The fourth-order valence-corrected chi connectivity index (χ4v) is 4.17. The van der Waals surface area contributed by atoms with Gasteiger partial charge in [0.2, 0.25) is 0 Å². The van der Waals surface area contributed by atoms with Crippen LogP contribution in [0.25, 0.3) is 0 Å². The molecule has 2 aromatic heterocycles. The first-order chi connectivity index (χ1) is 12.2. The first kappa shape index (κ1) is 17.4. The number of aromatic nitrogens is 1. The van der Waals surface area contributed by atoms with Gasteiger partial charge in [0.05, 0.1) is 24.4 Å². The van der Waals surface area contributed by atoms with Crippen molar-refractivity contribution in [3.8, 4) is 0 Å². The van der Waals surface area contributed by atoms with Crippen molar-refractivity contribution < 1.29 is 14.3 Å². The van der Waals surface area contributed by atoms with Crippen LogP contribution in [-0.4, -0.2) is 23.6 Å². The summed E-state index contributed by atoms with van der Waals surface area (Å²) in [5.41, 5.74) is 2.33. The van der Waals surface area contributed by atoms with Crippen molar-refractivity contribution in [1.82, 2.24) is 10.3 Å². The van der Waals surface area contributed by atoms with E-state index in [0.29, 0.717) is 23.7 Å². The zero-order valence-electron chi connectivity index (χ0n) is 14.1. The van der Waals surface area contributed by atoms with Crippen LogP contribution >= 0.6 is 11.3 Å². The number of thiophene rings is 1. The fourth-order valence-electron chi connectivity index (χ4n) is 2.89. The average Bonchev–Trinajstić information content (AvgIpc) is 2.99. The third-order valence-corrected chi connectivity index (χ3v) is 5.24. The van der Waals surface area contributed by atoms with Crippen LogP contribution < -0.4 is 10.6 Å². The number of hydrogen-bond acceptors (Lipinski definition) is 5. The minimum absolute atomic E-state index is 0.314. The van der Waals surface area contributed by atoms with E-state index in [1.165, 1.54) is 16.2 Å². The molecule has 1 aliphatic rings. The van der Waals surface area contributed by atoms with E-state index in [4.69, 9.17) is 4.74 Å². The predicted octanol–water partition coefficient (Wildman–Crippen LogP) is 3.52. The van der Waals surface area contributed by atoms with E-state index in [2.05, 4.69) is 15.6 Å². The highest BCUT2D eigenvalue weighted by Crippen LogP contribution is 2.38. The standard InChI is InChI=1S/C18H21N3O3S/c1-2-24-17(22)15-13-8-3-4-9-14(13)25-16(15)21-18(23)20-11-12-7-5-6-10-19-12/h5-7,10H,2-4,8-9,11H2,1H3,(H2,20,21,23). The Labute approximate surface area is 150 Å². The van der Waals surface area contributed by atoms with Gasteiger partial charge in [0.1, 0.15) is 5.00 Å². The van der Waals surface area contributed by atoms with E-state index in [1.807, 2.05) is 18.2 Å². The SMILES string of the molecule is CCOC(=O)c1c(NC(=O)NCc2ccccn2)sc2c1CCCC2. The van der Waals surface area contributed by atoms with Crippen molar-refractivity contribution in [1.29, 1.82) is 0 Å². The normalized spacial score (nSPS) is 13.0. The highest BCUT2D eigenvalue weighted by Gasteiger charge is 2.27. The van der Waals surface area contributed by atoms with Gasteiger partial charge in [-0.1, -0.05) is 6.07 Å². The summed E-state index contributed by atoms with van der Waals surface area (Å²) in [4.78, 5) is 29.9. The fraction of sp³-hybridized carbons (Fsp3) is 0.389. The van der Waals surface area contributed by atoms with E-state index < -0.39 is 0 Å². The van der Waals surface area contributed by atoms with Crippen LogP contribution in [0.15, 0.2) is 24.4 Å². The number of amides is 2. The molecule has 2 aromatic rings. The van der Waals surface area contributed by atoms with E-state index in [0.717, 1.165) is 36.9 Å². The molecule has 0 spiro atoms. The summed E-state index contributed by atoms with van der Waals surface area (Å²) in [6, 6.07) is 5.18. The van der Waals surface area contributed by atoms with Gasteiger partial charge in [-0.25, -0.2) is 9.59 Å². The van der Waals surface area contributed by atoms with Crippen molar-refractivity contribution in [3.63, 3.8) is 0 Å². The third kappa shape index (κ3) is 4.17. The number of fused-ring (bicyclic) bond motifs is 1. The van der Waals surface area contributed by atoms with E-state index in [9.17, 15) is 9.59 Å². The molecule has 7 heteroatoms. The zero-order chi connectivity index (χ0) is 17.6. The maximum Gasteiger partial charge on any atom is 0.341 e. The van der Waals surface area contributed by atoms with Gasteiger partial charge in [-0.15, -0.1) is 11.3 Å². The number of hydrogen-bond donors (Lipinski definition) is 2. The Morgan fingerprint density at radius 2 is 2.12 bits per heavy atom. The summed E-state index contributed by atoms with van der Waals surface area (Å²) >= 11 is 1.48. The Morgan fingerprint density at radius 1 is 1.28 bits per heavy atom. The largest absolute Gasteiger partial charge is 0.462 e. The predicted molar refractivity (Wildman–Crippen MR) is 97.0 cm³/mol. The van der Waals surface area contributed by atoms with Crippen molar-refractivity contribution in [2.24, 2.45) is 0 Å². The number of aryl methyl sites for hydroxylation is 1. The van der Waals surface area contributed by atoms with Gasteiger partial charge in [-0.05, 0) is 50.3 Å². The number of nitrogens with zero attached hydrogens (tertiary/aromatic N) is 1. The lowest BCUT2D eigenvalue weighted by atomic mass is 9.95. The summed E-state index contributed by atoms with van der Waals surface area (Å²) in [5, 5.41) is 6.16. The molecule has 0 unspecified atom stereocenters. The first-order valence-corrected chi connectivity index (χ1v) is 9.27. The maximum absolute atomic E-state index is 12.4. The van der Waals surface area contributed by atoms with E-state index in [1.54, 1.807) is 13.1 Å². The number of pyridine rings is 1. The van der Waals surface area contributed by atoms with Gasteiger partial charge >= 0.3 is 12.0 Å². The van der Waals surface area contributed by atoms with Crippen LogP contribution in [0.2, 0.25) is 0 Å². The van der Waals surface area contributed by atoms with Gasteiger partial charge < -0.3 is 10.1 Å². The van der Waals surface area contributed by atoms with Crippen LogP contribution in [0, 0.1) is 0 Å². The lowest BCUT2D eigenvalue weighted by Crippen LogP contribution is -2.29. The summed E-state index contributed by atoms with van der Waals surface area (Å²) < 4.78 is 5.19. The number of urea groups is 1. The van der Waals surface area contributed by atoms with E-state index >= 15 is 0 Å². The van der Waals surface area contributed by atoms with Crippen molar-refractivity contribution in [2.75, 3.05) is 11.9 Å². The van der Waals surface area contributed by atoms with Gasteiger partial charge in [-0.3, -0.25) is 10.3 Å². The Morgan fingerprint density at radius 3 is 2.88 bits per heavy atom. The van der Waals surface area contributed by atoms with Crippen LogP contribution in [-0.2, 0) is 24.1 Å². The smallest absolute Gasteiger partial charge is 0.341 e. The molecule has 6 nitrogen and oxygen atoms in total. The summed E-state index contributed by atoms with van der Waals surface area (Å²) in [6.45, 7) is 2.42. The Kier molecular flexibility index (Phi) is 5.65. The Bertz CT molecular complexity index is 758. The monoisotopic (exact) mass is 359 g/mol. The summed E-state index contributed by atoms with van der Waals surface area (Å²) in [7, 11) is 0. The molecule has 0 atom stereocenters. The van der Waals surface area contributed by atoms with Crippen molar-refractivity contribution >= 4 is 28.3 Å². The number of carbonyl (C=O) groups excluding carboxylic acids is 2. The van der Waals surface area contributed by atoms with Crippen LogP contribution in [0.4, 0.5) is 9.80 Å². The van der Waals surface area contributed by atoms with Gasteiger partial charge in [0, 0.05) is 11.1 Å². The molecule has 3 rings (SSSR count). The van der Waals surface area contributed by atoms with Crippen LogP contribution in [0.1, 0.15) is 46.3 Å². The zero-order valence-corrected chi connectivity index (χ0v) is 14.9. The summed E-state index contributed by atoms with van der Waals surface area (Å²) in [5.74, 6) is -0.359. The second-order valence-corrected chi connectivity index (χ2v) is 6.87. The molecular formula is C18H21N3O3S. The molecule has 0 saturated heterocycles. The molecule has 0 saturated carbocycles. The molecular weight excluding hydrogens is 338 g/mol. The second-order valence-electron chi connectivity index (χ2n) is 5.76. The van der Waals surface area contributed by atoms with Gasteiger partial charge in [-0.2, -0.15) is 0 Å². The first-order valence-electron chi connectivity index (χ1n) is 8.45. The Balaban J connectivity index is 1.73. The maximum atomic E-state index is 12.4. The molecule has 1 aliphatic carbocycles. The van der Waals surface area contributed by atoms with Gasteiger partial charge in [0.15, 0.2) is 0 Å². The lowest BCUT2D eigenvalue weighted by molar-refractivity contribution is 0.0526. The molecule has 2 amide bonds. The number of ether oxygens (including phenoxy) is 1. The number of esters is 1. The molecule has 0 aromatic carbocycles. The third-order valence-electron chi connectivity index (χ3n) is 4.03. The van der Waals surface area contributed by atoms with E-state index in [-0.39, 0.29) is 12.0 Å². The number of carbonyl (C=O) groups is 2. The second kappa shape index (κ2) is 8.11. The Hall–Kier alpha value is -2.41. The topological polar surface area (TPSA) is 80.3 Å². The molecule has 2 heterocycles. The van der Waals surface area contributed by atoms with Gasteiger partial charge in [0.25, 0.3) is 0 Å². The number of anilines is 1. The molecule has 2 N–H and O–H groups in total. The highest BCUT2D eigenvalue weighted by atomic mass is 32.1. The molecule has 0 fully saturated rings. The summed E-state index contributed by atoms with van der Waals surface area (Å²) in [6.07, 6.45) is 5.66. The quantitative estimate of drug-likeness (QED) is 0.801. The van der Waals surface area contributed by atoms with Crippen LogP contribution in [0.3, 0.4) is 0 Å². The molecule has 132 valence electrons. The van der Waals surface area contributed by atoms with Crippen molar-refractivity contribution in [3.05, 3.63) is 46.1 Å². The molecule has 0 aliphatic heterocycles. The minimum atomic E-state index is -0.359. The highest BCUT2D eigenvalue weighted by molar-refractivity contribution is 7.17. The van der Waals surface area contributed by atoms with Crippen LogP contribution in [0.5, 0.6) is 0 Å². The molecule has 0 bridgehead atoms. The number of nitrogens with one attached hydrogen (secondary N) is 2. The lowest BCUT2D eigenvalue weighted by Gasteiger charge is -2.12.